The summed E-state index contributed by atoms with van der Waals surface area (Å²) in [6.07, 6.45) is 4.40. The maximum atomic E-state index is 13.6. The van der Waals surface area contributed by atoms with Crippen LogP contribution in [0.25, 0.3) is 17.1 Å². The molecular weight excluding hydrogens is 430 g/mol. The molecule has 33 heavy (non-hydrogen) atoms. The molecule has 1 aliphatic heterocycles. The fraction of sp³-hybridized carbons (Fsp3) is 0.231. The molecule has 0 unspecified atom stereocenters. The molecule has 1 aliphatic rings. The van der Waals surface area contributed by atoms with Crippen LogP contribution in [0.15, 0.2) is 78.2 Å². The minimum atomic E-state index is -0.327. The zero-order valence-corrected chi connectivity index (χ0v) is 19.7. The van der Waals surface area contributed by atoms with Crippen molar-refractivity contribution in [3.8, 4) is 17.1 Å². The van der Waals surface area contributed by atoms with Crippen LogP contribution >= 0.6 is 11.8 Å². The molecule has 0 aliphatic carbocycles. The quantitative estimate of drug-likeness (QED) is 0.392. The zero-order valence-electron chi connectivity index (χ0n) is 18.8. The number of hydrogen-bond acceptors (Lipinski definition) is 5. The number of rotatable bonds is 5. The average molecular weight is 456 g/mol. The maximum Gasteiger partial charge on any atom is 0.240 e. The fourth-order valence-corrected chi connectivity index (χ4v) is 5.27. The van der Waals surface area contributed by atoms with Gasteiger partial charge in [0.25, 0.3) is 0 Å². The van der Waals surface area contributed by atoms with Gasteiger partial charge in [-0.15, -0.1) is 10.2 Å². The molecule has 0 fully saturated rings. The number of aromatic nitrogens is 4. The van der Waals surface area contributed by atoms with Crippen LogP contribution in [-0.2, 0) is 11.2 Å². The number of aryl methyl sites for hydroxylation is 1. The lowest BCUT2D eigenvalue weighted by Crippen LogP contribution is -2.40. The first-order valence-electron chi connectivity index (χ1n) is 11.0. The van der Waals surface area contributed by atoms with Crippen LogP contribution in [0.5, 0.6) is 0 Å². The molecule has 0 saturated carbocycles. The highest BCUT2D eigenvalue weighted by Crippen LogP contribution is 2.36. The number of nitrogens with zero attached hydrogens (tertiary/aromatic N) is 5. The Balaban J connectivity index is 1.51. The summed E-state index contributed by atoms with van der Waals surface area (Å²) in [7, 11) is 0. The van der Waals surface area contributed by atoms with Crippen LogP contribution in [-0.4, -0.2) is 36.9 Å². The molecule has 0 bridgehead atoms. The van der Waals surface area contributed by atoms with Gasteiger partial charge in [-0.25, -0.2) is 0 Å². The Morgan fingerprint density at radius 2 is 1.79 bits per heavy atom. The number of carbonyl (C=O) groups excluding carboxylic acids is 1. The van der Waals surface area contributed by atoms with E-state index in [0.717, 1.165) is 28.9 Å². The van der Waals surface area contributed by atoms with Gasteiger partial charge in [0.2, 0.25) is 5.91 Å². The Morgan fingerprint density at radius 3 is 2.55 bits per heavy atom. The topological polar surface area (TPSA) is 63.9 Å². The van der Waals surface area contributed by atoms with Crippen LogP contribution in [0.3, 0.4) is 0 Å². The van der Waals surface area contributed by atoms with Crippen molar-refractivity contribution in [2.24, 2.45) is 0 Å². The Hall–Kier alpha value is -3.45. The van der Waals surface area contributed by atoms with Crippen molar-refractivity contribution in [3.05, 3.63) is 84.2 Å². The highest BCUT2D eigenvalue weighted by atomic mass is 32.2. The molecule has 7 heteroatoms. The Bertz CT molecular complexity index is 1300. The summed E-state index contributed by atoms with van der Waals surface area (Å²) in [4.78, 5) is 19.7. The Kier molecular flexibility index (Phi) is 5.72. The lowest BCUT2D eigenvalue weighted by Gasteiger charge is -2.25. The molecule has 1 amide bonds. The lowest BCUT2D eigenvalue weighted by molar-refractivity contribution is -0.118. The third-order valence-electron chi connectivity index (χ3n) is 5.98. The minimum absolute atomic E-state index is 0.0831. The molecule has 0 saturated heterocycles. The molecule has 166 valence electrons. The average Bonchev–Trinajstić information content (AvgIpc) is 3.39. The van der Waals surface area contributed by atoms with Gasteiger partial charge >= 0.3 is 0 Å². The molecule has 0 radical (unpaired) electrons. The van der Waals surface area contributed by atoms with E-state index in [1.54, 1.807) is 12.4 Å². The SMILES string of the molecule is Cc1ccccc1-n1c(S[C@H](C)C(=O)N2c3ccccc3C[C@@H]2C)nnc1-c1cccnc1. The summed E-state index contributed by atoms with van der Waals surface area (Å²) in [5, 5.41) is 9.35. The van der Waals surface area contributed by atoms with Crippen LogP contribution in [0.1, 0.15) is 25.0 Å². The number of anilines is 1. The summed E-state index contributed by atoms with van der Waals surface area (Å²) in [6, 6.07) is 20.3. The van der Waals surface area contributed by atoms with E-state index in [9.17, 15) is 4.79 Å². The van der Waals surface area contributed by atoms with Gasteiger partial charge in [0.05, 0.1) is 10.9 Å². The highest BCUT2D eigenvalue weighted by Gasteiger charge is 2.34. The predicted molar refractivity (Wildman–Crippen MR) is 132 cm³/mol. The van der Waals surface area contributed by atoms with Gasteiger partial charge in [0.15, 0.2) is 11.0 Å². The Labute approximate surface area is 197 Å². The number of amides is 1. The number of benzene rings is 2. The molecule has 0 spiro atoms. The number of fused-ring (bicyclic) bond motifs is 1. The Morgan fingerprint density at radius 1 is 1.03 bits per heavy atom. The van der Waals surface area contributed by atoms with E-state index in [1.165, 1.54) is 17.3 Å². The van der Waals surface area contributed by atoms with Crippen LogP contribution in [0, 0.1) is 6.92 Å². The number of thioether (sulfide) groups is 1. The summed E-state index contributed by atoms with van der Waals surface area (Å²) in [5.74, 6) is 0.791. The molecular formula is C26H25N5OS. The minimum Gasteiger partial charge on any atom is -0.308 e. The monoisotopic (exact) mass is 455 g/mol. The molecule has 6 nitrogen and oxygen atoms in total. The van der Waals surface area contributed by atoms with Crippen molar-refractivity contribution in [2.75, 3.05) is 4.90 Å². The first-order valence-corrected chi connectivity index (χ1v) is 11.9. The van der Waals surface area contributed by atoms with Crippen molar-refractivity contribution in [1.29, 1.82) is 0 Å². The third kappa shape index (κ3) is 3.93. The predicted octanol–water partition coefficient (Wildman–Crippen LogP) is 5.10. The number of carbonyl (C=O) groups is 1. The molecule has 2 aromatic heterocycles. The van der Waals surface area contributed by atoms with Crippen LogP contribution in [0.4, 0.5) is 5.69 Å². The summed E-state index contributed by atoms with van der Waals surface area (Å²) in [6.45, 7) is 6.11. The highest BCUT2D eigenvalue weighted by molar-refractivity contribution is 8.00. The maximum absolute atomic E-state index is 13.6. The summed E-state index contributed by atoms with van der Waals surface area (Å²) in [5.41, 5.74) is 5.20. The smallest absolute Gasteiger partial charge is 0.240 e. The van der Waals surface area contributed by atoms with Gasteiger partial charge in [-0.05, 0) is 62.6 Å². The van der Waals surface area contributed by atoms with Gasteiger partial charge in [-0.2, -0.15) is 0 Å². The van der Waals surface area contributed by atoms with E-state index in [1.807, 2.05) is 64.9 Å². The first kappa shape index (κ1) is 21.4. The van der Waals surface area contributed by atoms with Crippen molar-refractivity contribution in [1.82, 2.24) is 19.7 Å². The van der Waals surface area contributed by atoms with Gasteiger partial charge in [-0.3, -0.25) is 14.3 Å². The van der Waals surface area contributed by atoms with Crippen molar-refractivity contribution in [2.45, 2.75) is 43.6 Å². The van der Waals surface area contributed by atoms with E-state index < -0.39 is 0 Å². The first-order chi connectivity index (χ1) is 16.0. The molecule has 4 aromatic rings. The molecule has 2 aromatic carbocycles. The number of para-hydroxylation sites is 2. The lowest BCUT2D eigenvalue weighted by atomic mass is 10.1. The summed E-state index contributed by atoms with van der Waals surface area (Å²) < 4.78 is 2.03. The van der Waals surface area contributed by atoms with E-state index >= 15 is 0 Å². The van der Waals surface area contributed by atoms with Crippen molar-refractivity contribution < 1.29 is 4.79 Å². The van der Waals surface area contributed by atoms with E-state index in [-0.39, 0.29) is 17.2 Å². The molecule has 2 atom stereocenters. The summed E-state index contributed by atoms with van der Waals surface area (Å²) >= 11 is 1.44. The molecule has 3 heterocycles. The van der Waals surface area contributed by atoms with Crippen molar-refractivity contribution >= 4 is 23.4 Å². The van der Waals surface area contributed by atoms with Gasteiger partial charge in [-0.1, -0.05) is 48.2 Å². The number of hydrogen-bond donors (Lipinski definition) is 0. The largest absolute Gasteiger partial charge is 0.308 e. The standard InChI is InChI=1S/C26H25N5OS/c1-17-9-4-6-12-22(17)31-24(21-11-8-14-27-16-21)28-29-26(31)33-19(3)25(32)30-18(2)15-20-10-5-7-13-23(20)30/h4-14,16,18-19H,15H2,1-3H3/t18-,19+/m0/s1. The normalized spacial score (nSPS) is 16.0. The van der Waals surface area contributed by atoms with E-state index in [2.05, 4.69) is 41.2 Å². The number of pyridine rings is 1. The van der Waals surface area contributed by atoms with Crippen molar-refractivity contribution in [3.63, 3.8) is 0 Å². The van der Waals surface area contributed by atoms with Gasteiger partial charge < -0.3 is 4.90 Å². The second kappa shape index (κ2) is 8.83. The third-order valence-corrected chi connectivity index (χ3v) is 7.01. The zero-order chi connectivity index (χ0) is 22.9. The van der Waals surface area contributed by atoms with E-state index in [4.69, 9.17) is 0 Å². The van der Waals surface area contributed by atoms with Gasteiger partial charge in [0.1, 0.15) is 0 Å². The second-order valence-corrected chi connectivity index (χ2v) is 9.63. The van der Waals surface area contributed by atoms with E-state index in [0.29, 0.717) is 11.0 Å². The second-order valence-electron chi connectivity index (χ2n) is 8.32. The molecule has 5 rings (SSSR count). The van der Waals surface area contributed by atoms with Gasteiger partial charge in [0, 0.05) is 29.7 Å². The van der Waals surface area contributed by atoms with Crippen LogP contribution < -0.4 is 4.90 Å². The molecule has 0 N–H and O–H groups in total. The fourth-order valence-electron chi connectivity index (χ4n) is 4.37. The van der Waals surface area contributed by atoms with Crippen LogP contribution in [0.2, 0.25) is 0 Å².